The van der Waals surface area contributed by atoms with E-state index in [-0.39, 0.29) is 11.8 Å². The van der Waals surface area contributed by atoms with E-state index in [2.05, 4.69) is 26.0 Å². The Balaban J connectivity index is 1.69. The van der Waals surface area contributed by atoms with Gasteiger partial charge in [-0.05, 0) is 19.1 Å². The predicted molar refractivity (Wildman–Crippen MR) is 119 cm³/mol. The molecule has 0 fully saturated rings. The molecule has 0 saturated carbocycles. The fourth-order valence-electron chi connectivity index (χ4n) is 3.01. The molecule has 152 valence electrons. The van der Waals surface area contributed by atoms with Crippen LogP contribution in [0.4, 0.5) is 17.3 Å². The van der Waals surface area contributed by atoms with E-state index in [9.17, 15) is 9.59 Å². The zero-order valence-corrected chi connectivity index (χ0v) is 17.5. The van der Waals surface area contributed by atoms with Crippen molar-refractivity contribution in [2.75, 3.05) is 17.7 Å². The lowest BCUT2D eigenvalue weighted by Crippen LogP contribution is -2.19. The van der Waals surface area contributed by atoms with Crippen LogP contribution in [0.5, 0.6) is 0 Å². The van der Waals surface area contributed by atoms with Crippen molar-refractivity contribution in [3.05, 3.63) is 64.8 Å². The van der Waals surface area contributed by atoms with E-state index in [1.807, 2.05) is 49.7 Å². The van der Waals surface area contributed by atoms with Gasteiger partial charge in [0.2, 0.25) is 0 Å². The Kier molecular flexibility index (Phi) is 5.20. The summed E-state index contributed by atoms with van der Waals surface area (Å²) in [5, 5.41) is 15.7. The third kappa shape index (κ3) is 3.74. The number of aryl methyl sites for hydroxylation is 2. The summed E-state index contributed by atoms with van der Waals surface area (Å²) < 4.78 is 2.76. The lowest BCUT2D eigenvalue weighted by Gasteiger charge is -2.12. The molecule has 0 aliphatic carbocycles. The highest BCUT2D eigenvalue weighted by Crippen LogP contribution is 2.29. The van der Waals surface area contributed by atoms with E-state index in [0.717, 1.165) is 15.8 Å². The smallest absolute Gasteiger partial charge is 0.257 e. The van der Waals surface area contributed by atoms with Crippen LogP contribution in [0.3, 0.4) is 0 Å². The maximum atomic E-state index is 13.0. The highest BCUT2D eigenvalue weighted by Gasteiger charge is 2.17. The molecule has 0 atom stereocenters. The monoisotopic (exact) mass is 420 g/mol. The van der Waals surface area contributed by atoms with Crippen LogP contribution in [0.2, 0.25) is 0 Å². The summed E-state index contributed by atoms with van der Waals surface area (Å²) in [7, 11) is 3.38. The van der Waals surface area contributed by atoms with Crippen LogP contribution < -0.4 is 16.0 Å². The predicted octanol–water partition coefficient (Wildman–Crippen LogP) is 3.69. The number of hydrogen-bond acceptors (Lipinski definition) is 6. The number of rotatable bonds is 5. The molecule has 3 heterocycles. The number of pyridine rings is 1. The Labute approximate surface area is 176 Å². The van der Waals surface area contributed by atoms with Gasteiger partial charge in [0.1, 0.15) is 0 Å². The van der Waals surface area contributed by atoms with Crippen LogP contribution in [0.25, 0.3) is 10.1 Å². The molecule has 1 aromatic carbocycles. The minimum Gasteiger partial charge on any atom is -0.355 e. The summed E-state index contributed by atoms with van der Waals surface area (Å²) in [4.78, 5) is 29.4. The fraction of sp³-hybridized carbons (Fsp3) is 0.143. The number of carbonyl (C=O) groups is 2. The summed E-state index contributed by atoms with van der Waals surface area (Å²) in [6.07, 6.45) is 1.45. The topological polar surface area (TPSA) is 101 Å². The molecule has 30 heavy (non-hydrogen) atoms. The average molecular weight is 420 g/mol. The van der Waals surface area contributed by atoms with Gasteiger partial charge in [-0.1, -0.05) is 18.2 Å². The van der Waals surface area contributed by atoms with Gasteiger partial charge in [-0.3, -0.25) is 14.3 Å². The molecule has 3 N–H and O–H groups in total. The molecular formula is C21H20N6O2S. The average Bonchev–Trinajstić information content (AvgIpc) is 3.31. The van der Waals surface area contributed by atoms with Gasteiger partial charge in [0.25, 0.3) is 11.8 Å². The molecule has 4 rings (SSSR count). The van der Waals surface area contributed by atoms with Crippen LogP contribution in [-0.4, -0.2) is 33.6 Å². The second-order valence-corrected chi connectivity index (χ2v) is 7.63. The van der Waals surface area contributed by atoms with Crippen molar-refractivity contribution in [2.24, 2.45) is 7.05 Å². The summed E-state index contributed by atoms with van der Waals surface area (Å²) in [5.74, 6) is 0.420. The molecule has 2 amide bonds. The lowest BCUT2D eigenvalue weighted by atomic mass is 10.1. The van der Waals surface area contributed by atoms with Crippen molar-refractivity contribution in [1.29, 1.82) is 0 Å². The largest absolute Gasteiger partial charge is 0.355 e. The zero-order valence-electron chi connectivity index (χ0n) is 16.7. The number of amides is 2. The number of hydrogen-bond donors (Lipinski definition) is 3. The van der Waals surface area contributed by atoms with Gasteiger partial charge in [0.05, 0.1) is 16.8 Å². The van der Waals surface area contributed by atoms with Crippen molar-refractivity contribution in [1.82, 2.24) is 20.1 Å². The molecule has 0 radical (unpaired) electrons. The first kappa shape index (κ1) is 19.6. The number of nitrogens with one attached hydrogen (secondary N) is 3. The summed E-state index contributed by atoms with van der Waals surface area (Å²) in [6, 6.07) is 11.2. The second-order valence-electron chi connectivity index (χ2n) is 6.72. The van der Waals surface area contributed by atoms with Gasteiger partial charge in [-0.25, -0.2) is 4.98 Å². The van der Waals surface area contributed by atoms with E-state index >= 15 is 0 Å². The van der Waals surface area contributed by atoms with Gasteiger partial charge in [0, 0.05) is 47.5 Å². The molecule has 4 aromatic rings. The van der Waals surface area contributed by atoms with Crippen LogP contribution in [0.15, 0.2) is 48.0 Å². The SMILES string of the molecule is CNC(=O)c1cnc(Nc2cc(C)n(C)n2)c(NC(=O)c2csc3ccccc23)c1. The van der Waals surface area contributed by atoms with Gasteiger partial charge in [0.15, 0.2) is 11.6 Å². The highest BCUT2D eigenvalue weighted by molar-refractivity contribution is 7.17. The van der Waals surface area contributed by atoms with Crippen LogP contribution in [0.1, 0.15) is 26.4 Å². The minimum absolute atomic E-state index is 0.274. The number of fused-ring (bicyclic) bond motifs is 1. The van der Waals surface area contributed by atoms with Gasteiger partial charge < -0.3 is 16.0 Å². The van der Waals surface area contributed by atoms with Crippen LogP contribution >= 0.6 is 11.3 Å². The number of nitrogens with zero attached hydrogens (tertiary/aromatic N) is 3. The number of aromatic nitrogens is 3. The molecule has 0 aliphatic heterocycles. The van der Waals surface area contributed by atoms with Gasteiger partial charge >= 0.3 is 0 Å². The molecule has 0 saturated heterocycles. The lowest BCUT2D eigenvalue weighted by molar-refractivity contribution is 0.0961. The van der Waals surface area contributed by atoms with Crippen LogP contribution in [-0.2, 0) is 7.05 Å². The fourth-order valence-corrected chi connectivity index (χ4v) is 3.96. The Morgan fingerprint density at radius 3 is 2.67 bits per heavy atom. The molecule has 9 heteroatoms. The first-order valence-electron chi connectivity index (χ1n) is 9.23. The quantitative estimate of drug-likeness (QED) is 0.457. The number of anilines is 3. The Morgan fingerprint density at radius 2 is 1.93 bits per heavy atom. The standard InChI is InChI=1S/C21H20N6O2S/c1-12-8-18(26-27(12)3)25-19-16(9-13(10-23-19)20(28)22-2)24-21(29)15-11-30-17-7-5-4-6-14(15)17/h4-11H,1-3H3,(H,22,28)(H,24,29)(H,23,25,26). The van der Waals surface area contributed by atoms with Crippen molar-refractivity contribution >= 4 is 50.6 Å². The number of thiophene rings is 1. The maximum absolute atomic E-state index is 13.0. The maximum Gasteiger partial charge on any atom is 0.257 e. The molecule has 3 aromatic heterocycles. The van der Waals surface area contributed by atoms with Gasteiger partial charge in [-0.2, -0.15) is 5.10 Å². The van der Waals surface area contributed by atoms with Crippen molar-refractivity contribution in [3.63, 3.8) is 0 Å². The Morgan fingerprint density at radius 1 is 1.13 bits per heavy atom. The van der Waals surface area contributed by atoms with Crippen molar-refractivity contribution < 1.29 is 9.59 Å². The molecular weight excluding hydrogens is 400 g/mol. The first-order chi connectivity index (χ1) is 14.5. The van der Waals surface area contributed by atoms with Crippen molar-refractivity contribution in [3.8, 4) is 0 Å². The first-order valence-corrected chi connectivity index (χ1v) is 10.1. The summed E-state index contributed by atoms with van der Waals surface area (Å²) in [6.45, 7) is 1.94. The van der Waals surface area contributed by atoms with E-state index in [4.69, 9.17) is 0 Å². The molecule has 0 aliphatic rings. The van der Waals surface area contributed by atoms with Crippen LogP contribution in [0, 0.1) is 6.92 Å². The van der Waals surface area contributed by atoms with E-state index in [1.165, 1.54) is 17.5 Å². The van der Waals surface area contributed by atoms with E-state index in [0.29, 0.717) is 28.5 Å². The normalized spacial score (nSPS) is 10.8. The summed E-state index contributed by atoms with van der Waals surface area (Å²) in [5.41, 5.74) is 2.26. The molecule has 8 nitrogen and oxygen atoms in total. The van der Waals surface area contributed by atoms with E-state index in [1.54, 1.807) is 17.8 Å². The minimum atomic E-state index is -0.292. The van der Waals surface area contributed by atoms with Gasteiger partial charge in [-0.15, -0.1) is 11.3 Å². The third-order valence-electron chi connectivity index (χ3n) is 4.71. The zero-order chi connectivity index (χ0) is 21.3. The van der Waals surface area contributed by atoms with Crippen molar-refractivity contribution in [2.45, 2.75) is 6.92 Å². The highest BCUT2D eigenvalue weighted by atomic mass is 32.1. The molecule has 0 spiro atoms. The molecule has 0 bridgehead atoms. The Bertz CT molecular complexity index is 1240. The third-order valence-corrected chi connectivity index (χ3v) is 5.67. The van der Waals surface area contributed by atoms with E-state index < -0.39 is 0 Å². The number of benzene rings is 1. The Hall–Kier alpha value is -3.72. The second kappa shape index (κ2) is 7.96. The number of carbonyl (C=O) groups excluding carboxylic acids is 2. The molecule has 0 unspecified atom stereocenters. The summed E-state index contributed by atoms with van der Waals surface area (Å²) >= 11 is 1.51.